The summed E-state index contributed by atoms with van der Waals surface area (Å²) in [6.07, 6.45) is 2.16. The van der Waals surface area contributed by atoms with Gasteiger partial charge in [-0.2, -0.15) is 0 Å². The molecule has 0 saturated carbocycles. The fourth-order valence-electron chi connectivity index (χ4n) is 2.46. The summed E-state index contributed by atoms with van der Waals surface area (Å²) in [4.78, 5) is 4.92. The van der Waals surface area contributed by atoms with E-state index in [-0.39, 0.29) is 0 Å². The van der Waals surface area contributed by atoms with Crippen LogP contribution in [-0.2, 0) is 16.3 Å². The monoisotopic (exact) mass is 285 g/mol. The minimum absolute atomic E-state index is 0.334. The summed E-state index contributed by atoms with van der Waals surface area (Å²) in [6, 6.07) is 15.2. The summed E-state index contributed by atoms with van der Waals surface area (Å²) in [6.45, 7) is 0.745. The Bertz CT molecular complexity index is 792. The second-order valence-corrected chi connectivity index (χ2v) is 6.95. The fraction of sp³-hybridized carbons (Fsp3) is 0.188. The van der Waals surface area contributed by atoms with Crippen molar-refractivity contribution in [3.05, 3.63) is 65.2 Å². The van der Waals surface area contributed by atoms with Gasteiger partial charge in [0.2, 0.25) is 0 Å². The average molecular weight is 285 g/mol. The number of nitrogens with zero attached hydrogens (tertiary/aromatic N) is 1. The largest absolute Gasteiger partial charge is 0.284 e. The number of sulfone groups is 1. The highest BCUT2D eigenvalue weighted by Gasteiger charge is 2.16. The normalized spacial score (nSPS) is 14.6. The van der Waals surface area contributed by atoms with Crippen molar-refractivity contribution >= 4 is 15.5 Å². The molecule has 102 valence electrons. The van der Waals surface area contributed by atoms with Crippen LogP contribution < -0.4 is 0 Å². The quantitative estimate of drug-likeness (QED) is 0.851. The molecule has 1 heterocycles. The van der Waals surface area contributed by atoms with E-state index in [0.717, 1.165) is 29.8 Å². The molecule has 0 radical (unpaired) electrons. The molecule has 0 fully saturated rings. The van der Waals surface area contributed by atoms with Crippen molar-refractivity contribution in [2.45, 2.75) is 11.3 Å². The van der Waals surface area contributed by atoms with Gasteiger partial charge in [-0.05, 0) is 24.1 Å². The van der Waals surface area contributed by atoms with E-state index in [1.165, 1.54) is 11.8 Å². The predicted molar refractivity (Wildman–Crippen MR) is 80.2 cm³/mol. The molecule has 1 aliphatic heterocycles. The molecular weight excluding hydrogens is 270 g/mol. The van der Waals surface area contributed by atoms with Gasteiger partial charge in [-0.1, -0.05) is 36.4 Å². The first kappa shape index (κ1) is 13.1. The fourth-order valence-corrected chi connectivity index (χ4v) is 3.13. The molecule has 0 saturated heterocycles. The molecule has 3 rings (SSSR count). The van der Waals surface area contributed by atoms with Gasteiger partial charge in [0.05, 0.1) is 10.6 Å². The lowest BCUT2D eigenvalue weighted by molar-refractivity contribution is 0.602. The summed E-state index contributed by atoms with van der Waals surface area (Å²) < 4.78 is 23.3. The summed E-state index contributed by atoms with van der Waals surface area (Å²) >= 11 is 0. The molecule has 0 aliphatic carbocycles. The van der Waals surface area contributed by atoms with Gasteiger partial charge in [0.15, 0.2) is 9.84 Å². The van der Waals surface area contributed by atoms with Gasteiger partial charge >= 0.3 is 0 Å². The van der Waals surface area contributed by atoms with Crippen LogP contribution in [0.25, 0.3) is 0 Å². The van der Waals surface area contributed by atoms with Crippen LogP contribution in [-0.4, -0.2) is 26.9 Å². The molecular formula is C16H15NO2S. The molecule has 3 nitrogen and oxygen atoms in total. The van der Waals surface area contributed by atoms with E-state index < -0.39 is 9.84 Å². The first-order valence-corrected chi connectivity index (χ1v) is 8.38. The Labute approximate surface area is 118 Å². The van der Waals surface area contributed by atoms with Gasteiger partial charge < -0.3 is 0 Å². The molecule has 2 aromatic carbocycles. The van der Waals surface area contributed by atoms with Crippen molar-refractivity contribution in [2.75, 3.05) is 12.8 Å². The minimum Gasteiger partial charge on any atom is -0.284 e. The number of hydrogen-bond acceptors (Lipinski definition) is 3. The van der Waals surface area contributed by atoms with E-state index >= 15 is 0 Å². The lowest BCUT2D eigenvalue weighted by Gasteiger charge is -2.17. The van der Waals surface area contributed by atoms with E-state index in [1.807, 2.05) is 24.3 Å². The lowest BCUT2D eigenvalue weighted by Crippen LogP contribution is -2.14. The highest BCUT2D eigenvalue weighted by molar-refractivity contribution is 7.90. The molecule has 0 bridgehead atoms. The van der Waals surface area contributed by atoms with Gasteiger partial charge in [0, 0.05) is 23.9 Å². The standard InChI is InChI=1S/C16H15NO2S/c1-20(18,19)14-7-4-6-13(11-14)16-15-8-3-2-5-12(15)9-10-17-16/h2-8,11H,9-10H2,1H3. The maximum atomic E-state index is 11.7. The van der Waals surface area contributed by atoms with Crippen LogP contribution >= 0.6 is 0 Å². The van der Waals surface area contributed by atoms with Crippen molar-refractivity contribution in [3.8, 4) is 0 Å². The van der Waals surface area contributed by atoms with Crippen molar-refractivity contribution in [2.24, 2.45) is 4.99 Å². The maximum absolute atomic E-state index is 11.7. The third-order valence-electron chi connectivity index (χ3n) is 3.46. The van der Waals surface area contributed by atoms with E-state index in [9.17, 15) is 8.42 Å². The van der Waals surface area contributed by atoms with Gasteiger partial charge in [-0.15, -0.1) is 0 Å². The number of hydrogen-bond donors (Lipinski definition) is 0. The van der Waals surface area contributed by atoms with Crippen molar-refractivity contribution in [3.63, 3.8) is 0 Å². The Balaban J connectivity index is 2.13. The summed E-state index contributed by atoms with van der Waals surface area (Å²) in [7, 11) is -3.20. The first-order valence-electron chi connectivity index (χ1n) is 6.49. The summed E-state index contributed by atoms with van der Waals surface area (Å²) in [5.74, 6) is 0. The molecule has 0 N–H and O–H groups in total. The number of fused-ring (bicyclic) bond motifs is 1. The van der Waals surface area contributed by atoms with Gasteiger partial charge in [-0.3, -0.25) is 4.99 Å². The third kappa shape index (κ3) is 2.39. The molecule has 4 heteroatoms. The second kappa shape index (κ2) is 4.87. The van der Waals surface area contributed by atoms with Crippen LogP contribution in [0.3, 0.4) is 0 Å². The molecule has 0 amide bonds. The SMILES string of the molecule is CS(=O)(=O)c1cccc(C2=NCCc3ccccc32)c1. The van der Waals surface area contributed by atoms with Crippen molar-refractivity contribution in [1.29, 1.82) is 0 Å². The Morgan fingerprint density at radius 2 is 1.85 bits per heavy atom. The Morgan fingerprint density at radius 3 is 2.65 bits per heavy atom. The Hall–Kier alpha value is -1.94. The second-order valence-electron chi connectivity index (χ2n) is 4.94. The summed E-state index contributed by atoms with van der Waals surface area (Å²) in [5, 5.41) is 0. The zero-order valence-electron chi connectivity index (χ0n) is 11.2. The number of rotatable bonds is 2. The van der Waals surface area contributed by atoms with E-state index in [0.29, 0.717) is 4.90 Å². The zero-order chi connectivity index (χ0) is 14.2. The van der Waals surface area contributed by atoms with Crippen LogP contribution in [0.1, 0.15) is 16.7 Å². The van der Waals surface area contributed by atoms with Gasteiger partial charge in [0.25, 0.3) is 0 Å². The molecule has 0 atom stereocenters. The van der Waals surface area contributed by atoms with Gasteiger partial charge in [-0.25, -0.2) is 8.42 Å². The minimum atomic E-state index is -3.20. The summed E-state index contributed by atoms with van der Waals surface area (Å²) in [5.41, 5.74) is 4.11. The number of benzene rings is 2. The average Bonchev–Trinajstić information content (AvgIpc) is 2.46. The van der Waals surface area contributed by atoms with Crippen LogP contribution in [0.15, 0.2) is 58.4 Å². The smallest absolute Gasteiger partial charge is 0.175 e. The molecule has 20 heavy (non-hydrogen) atoms. The molecule has 0 spiro atoms. The Morgan fingerprint density at radius 1 is 1.05 bits per heavy atom. The first-order chi connectivity index (χ1) is 9.55. The molecule has 0 aromatic heterocycles. The van der Waals surface area contributed by atoms with Crippen LogP contribution in [0.5, 0.6) is 0 Å². The van der Waals surface area contributed by atoms with Crippen LogP contribution in [0.4, 0.5) is 0 Å². The number of aliphatic imine (C=N–C) groups is 1. The van der Waals surface area contributed by atoms with E-state index in [4.69, 9.17) is 0 Å². The topological polar surface area (TPSA) is 46.5 Å². The zero-order valence-corrected chi connectivity index (χ0v) is 12.0. The molecule has 2 aromatic rings. The van der Waals surface area contributed by atoms with Crippen LogP contribution in [0.2, 0.25) is 0 Å². The van der Waals surface area contributed by atoms with Gasteiger partial charge in [0.1, 0.15) is 0 Å². The van der Waals surface area contributed by atoms with Crippen molar-refractivity contribution < 1.29 is 8.42 Å². The van der Waals surface area contributed by atoms with E-state index in [1.54, 1.807) is 18.2 Å². The highest BCUT2D eigenvalue weighted by atomic mass is 32.2. The van der Waals surface area contributed by atoms with Crippen molar-refractivity contribution in [1.82, 2.24) is 0 Å². The maximum Gasteiger partial charge on any atom is 0.175 e. The van der Waals surface area contributed by atoms with E-state index in [2.05, 4.69) is 11.1 Å². The predicted octanol–water partition coefficient (Wildman–Crippen LogP) is 2.48. The lowest BCUT2D eigenvalue weighted by atomic mass is 9.93. The van der Waals surface area contributed by atoms with Crippen LogP contribution in [0, 0.1) is 0 Å². The highest BCUT2D eigenvalue weighted by Crippen LogP contribution is 2.22. The molecule has 1 aliphatic rings. The third-order valence-corrected chi connectivity index (χ3v) is 4.57. The molecule has 0 unspecified atom stereocenters. The Kier molecular flexibility index (Phi) is 3.18.